The number of halogens is 1. The number of nitrogens with zero attached hydrogens (tertiary/aromatic N) is 2. The topological polar surface area (TPSA) is 49.6 Å². The summed E-state index contributed by atoms with van der Waals surface area (Å²) in [5, 5.41) is 0. The molecule has 3 atom stereocenters. The van der Waals surface area contributed by atoms with E-state index < -0.39 is 0 Å². The Kier molecular flexibility index (Phi) is 7.63. The molecule has 2 N–H and O–H groups in total. The fourth-order valence-corrected chi connectivity index (χ4v) is 3.98. The number of nitrogens with two attached hydrogens (primary N) is 1. The second-order valence-electron chi connectivity index (χ2n) is 7.95. The Balaban J connectivity index is 0.00000242. The quantitative estimate of drug-likeness (QED) is 0.812. The Morgan fingerprint density at radius 3 is 2.23 bits per heavy atom. The van der Waals surface area contributed by atoms with E-state index in [1.165, 1.54) is 12.8 Å². The van der Waals surface area contributed by atoms with Gasteiger partial charge in [0.2, 0.25) is 5.91 Å². The van der Waals surface area contributed by atoms with Crippen molar-refractivity contribution in [3.63, 3.8) is 0 Å². The number of carbonyl (C=O) groups excluding carboxylic acids is 1. The zero-order chi connectivity index (χ0) is 15.6. The minimum atomic E-state index is 0. The third kappa shape index (κ3) is 5.10. The van der Waals surface area contributed by atoms with Gasteiger partial charge in [-0.1, -0.05) is 27.7 Å². The van der Waals surface area contributed by atoms with Gasteiger partial charge in [0.15, 0.2) is 0 Å². The fraction of sp³-hybridized carbons (Fsp3) is 0.941. The van der Waals surface area contributed by atoms with Gasteiger partial charge in [0.1, 0.15) is 0 Å². The zero-order valence-corrected chi connectivity index (χ0v) is 15.4. The van der Waals surface area contributed by atoms with Gasteiger partial charge in [0, 0.05) is 32.2 Å². The molecule has 1 heterocycles. The predicted octanol–water partition coefficient (Wildman–Crippen LogP) is 2.22. The molecule has 1 amide bonds. The first kappa shape index (κ1) is 19.7. The summed E-state index contributed by atoms with van der Waals surface area (Å²) in [6, 6.07) is 0.359. The van der Waals surface area contributed by atoms with Gasteiger partial charge >= 0.3 is 0 Å². The van der Waals surface area contributed by atoms with Gasteiger partial charge in [0.05, 0.1) is 6.54 Å². The van der Waals surface area contributed by atoms with Crippen molar-refractivity contribution >= 4 is 18.3 Å². The molecule has 0 aromatic rings. The summed E-state index contributed by atoms with van der Waals surface area (Å²) in [5.74, 6) is 2.71. The molecule has 2 rings (SSSR count). The lowest BCUT2D eigenvalue weighted by Crippen LogP contribution is -2.43. The average Bonchev–Trinajstić information content (AvgIpc) is 2.90. The molecule has 1 saturated heterocycles. The van der Waals surface area contributed by atoms with Crippen molar-refractivity contribution in [2.45, 2.75) is 46.6 Å². The van der Waals surface area contributed by atoms with Gasteiger partial charge in [0.25, 0.3) is 0 Å². The number of rotatable bonds is 6. The van der Waals surface area contributed by atoms with Crippen molar-refractivity contribution < 1.29 is 4.79 Å². The molecule has 0 bridgehead atoms. The zero-order valence-electron chi connectivity index (χ0n) is 14.6. The number of amides is 1. The van der Waals surface area contributed by atoms with E-state index in [0.29, 0.717) is 36.2 Å². The van der Waals surface area contributed by atoms with E-state index in [4.69, 9.17) is 5.73 Å². The van der Waals surface area contributed by atoms with Crippen LogP contribution in [0.25, 0.3) is 0 Å². The lowest BCUT2D eigenvalue weighted by Gasteiger charge is -2.28. The van der Waals surface area contributed by atoms with E-state index in [1.807, 2.05) is 0 Å². The van der Waals surface area contributed by atoms with Crippen LogP contribution in [0.5, 0.6) is 0 Å². The second kappa shape index (κ2) is 8.51. The third-order valence-corrected chi connectivity index (χ3v) is 4.87. The van der Waals surface area contributed by atoms with Crippen LogP contribution in [0.15, 0.2) is 0 Å². The van der Waals surface area contributed by atoms with Crippen LogP contribution in [0.4, 0.5) is 0 Å². The minimum Gasteiger partial charge on any atom is -0.341 e. The molecular formula is C17H34ClN3O. The van der Waals surface area contributed by atoms with Crippen LogP contribution < -0.4 is 5.73 Å². The highest BCUT2D eigenvalue weighted by Gasteiger charge is 2.41. The van der Waals surface area contributed by atoms with Crippen LogP contribution in [0, 0.1) is 23.7 Å². The number of hydrogen-bond donors (Lipinski definition) is 1. The molecule has 0 aromatic carbocycles. The van der Waals surface area contributed by atoms with Crippen LogP contribution in [0.2, 0.25) is 0 Å². The molecule has 1 aliphatic carbocycles. The molecule has 1 aliphatic heterocycles. The Morgan fingerprint density at radius 1 is 1.14 bits per heavy atom. The summed E-state index contributed by atoms with van der Waals surface area (Å²) in [7, 11) is 0. The molecule has 1 saturated carbocycles. The van der Waals surface area contributed by atoms with Crippen molar-refractivity contribution in [1.82, 2.24) is 9.80 Å². The number of hydrogen-bond acceptors (Lipinski definition) is 3. The van der Waals surface area contributed by atoms with Crippen LogP contribution in [-0.2, 0) is 4.79 Å². The average molecular weight is 332 g/mol. The van der Waals surface area contributed by atoms with Crippen molar-refractivity contribution in [1.29, 1.82) is 0 Å². The van der Waals surface area contributed by atoms with Gasteiger partial charge in [-0.25, -0.2) is 0 Å². The van der Waals surface area contributed by atoms with Gasteiger partial charge in [-0.3, -0.25) is 9.69 Å². The molecule has 2 aliphatic rings. The van der Waals surface area contributed by atoms with E-state index in [9.17, 15) is 4.79 Å². The van der Waals surface area contributed by atoms with Crippen molar-refractivity contribution in [2.24, 2.45) is 29.4 Å². The molecule has 5 heteroatoms. The van der Waals surface area contributed by atoms with Crippen LogP contribution >= 0.6 is 12.4 Å². The predicted molar refractivity (Wildman–Crippen MR) is 94.1 cm³/mol. The van der Waals surface area contributed by atoms with Crippen molar-refractivity contribution in [3.05, 3.63) is 0 Å². The lowest BCUT2D eigenvalue weighted by atomic mass is 9.98. The summed E-state index contributed by atoms with van der Waals surface area (Å²) >= 11 is 0. The summed E-state index contributed by atoms with van der Waals surface area (Å²) in [6.07, 6.45) is 2.42. The SMILES string of the molecule is CC(C)CN(CC(C)C)C(=O)CN1CC2CCC(N)C2C1.Cl. The molecule has 0 aromatic heterocycles. The number of likely N-dealkylation sites (tertiary alicyclic amines) is 1. The summed E-state index contributed by atoms with van der Waals surface area (Å²) in [5.41, 5.74) is 6.18. The standard InChI is InChI=1S/C17H33N3O.ClH/c1-12(2)7-20(8-13(3)4)17(21)11-19-9-14-5-6-16(18)15(14)10-19;/h12-16H,5-11,18H2,1-4H3;1H. The van der Waals surface area contributed by atoms with Gasteiger partial charge in [-0.15, -0.1) is 12.4 Å². The molecule has 22 heavy (non-hydrogen) atoms. The Bertz CT molecular complexity index is 352. The number of carbonyl (C=O) groups is 1. The first-order valence-corrected chi connectivity index (χ1v) is 8.62. The summed E-state index contributed by atoms with van der Waals surface area (Å²) in [4.78, 5) is 17.0. The summed E-state index contributed by atoms with van der Waals surface area (Å²) in [6.45, 7) is 13.1. The van der Waals surface area contributed by atoms with Crippen molar-refractivity contribution in [2.75, 3.05) is 32.7 Å². The second-order valence-corrected chi connectivity index (χ2v) is 7.95. The first-order valence-electron chi connectivity index (χ1n) is 8.62. The minimum absolute atomic E-state index is 0. The van der Waals surface area contributed by atoms with Gasteiger partial charge < -0.3 is 10.6 Å². The van der Waals surface area contributed by atoms with E-state index >= 15 is 0 Å². The summed E-state index contributed by atoms with van der Waals surface area (Å²) < 4.78 is 0. The van der Waals surface area contributed by atoms with Crippen LogP contribution in [-0.4, -0.2) is 54.5 Å². The van der Waals surface area contributed by atoms with E-state index in [-0.39, 0.29) is 12.4 Å². The highest BCUT2D eigenvalue weighted by molar-refractivity contribution is 5.85. The molecule has 4 nitrogen and oxygen atoms in total. The third-order valence-electron chi connectivity index (χ3n) is 4.87. The maximum atomic E-state index is 12.6. The highest BCUT2D eigenvalue weighted by Crippen LogP contribution is 2.36. The molecule has 3 unspecified atom stereocenters. The van der Waals surface area contributed by atoms with E-state index in [1.54, 1.807) is 0 Å². The van der Waals surface area contributed by atoms with Crippen molar-refractivity contribution in [3.8, 4) is 0 Å². The molecule has 130 valence electrons. The van der Waals surface area contributed by atoms with Crippen LogP contribution in [0.1, 0.15) is 40.5 Å². The highest BCUT2D eigenvalue weighted by atomic mass is 35.5. The Hall–Kier alpha value is -0.320. The number of fused-ring (bicyclic) bond motifs is 1. The first-order chi connectivity index (χ1) is 9.86. The molecular weight excluding hydrogens is 298 g/mol. The fourth-order valence-electron chi connectivity index (χ4n) is 3.98. The molecule has 2 fully saturated rings. The normalized spacial score (nSPS) is 28.0. The Labute approximate surface area is 142 Å². The van der Waals surface area contributed by atoms with Gasteiger partial charge in [-0.05, 0) is 36.5 Å². The maximum absolute atomic E-state index is 12.6. The lowest BCUT2D eigenvalue weighted by molar-refractivity contribution is -0.133. The Morgan fingerprint density at radius 2 is 1.73 bits per heavy atom. The van der Waals surface area contributed by atoms with Gasteiger partial charge in [-0.2, -0.15) is 0 Å². The molecule has 0 radical (unpaired) electrons. The smallest absolute Gasteiger partial charge is 0.236 e. The monoisotopic (exact) mass is 331 g/mol. The maximum Gasteiger partial charge on any atom is 0.236 e. The van der Waals surface area contributed by atoms with E-state index in [0.717, 1.165) is 32.1 Å². The largest absolute Gasteiger partial charge is 0.341 e. The van der Waals surface area contributed by atoms with E-state index in [2.05, 4.69) is 37.5 Å². The molecule has 0 spiro atoms. The van der Waals surface area contributed by atoms with Crippen LogP contribution in [0.3, 0.4) is 0 Å².